The van der Waals surface area contributed by atoms with Crippen LogP contribution in [0, 0.1) is 0 Å². The molecule has 0 saturated carbocycles. The van der Waals surface area contributed by atoms with Gasteiger partial charge in [-0.15, -0.1) is 0 Å². The number of anilines is 3. The summed E-state index contributed by atoms with van der Waals surface area (Å²) in [4.78, 5) is 2.41. The van der Waals surface area contributed by atoms with E-state index < -0.39 is 0 Å². The number of hydrogen-bond acceptors (Lipinski definition) is 2. The zero-order valence-electron chi connectivity index (χ0n) is 22.0. The molecular formula is C37H27NO. The lowest BCUT2D eigenvalue weighted by atomic mass is 9.82. The van der Waals surface area contributed by atoms with Gasteiger partial charge in [-0.05, 0) is 69.9 Å². The number of rotatable bonds is 3. The van der Waals surface area contributed by atoms with Gasteiger partial charge < -0.3 is 9.32 Å². The molecule has 2 heteroatoms. The van der Waals surface area contributed by atoms with Crippen molar-refractivity contribution in [2.45, 2.75) is 19.3 Å². The molecule has 0 aliphatic heterocycles. The van der Waals surface area contributed by atoms with E-state index in [1.807, 2.05) is 12.1 Å². The second kappa shape index (κ2) is 8.09. The average Bonchev–Trinajstić information content (AvgIpc) is 3.47. The van der Waals surface area contributed by atoms with Crippen LogP contribution in [-0.4, -0.2) is 0 Å². The number of nitrogens with zero attached hydrogens (tertiary/aromatic N) is 1. The Bertz CT molecular complexity index is 2050. The van der Waals surface area contributed by atoms with Crippen LogP contribution >= 0.6 is 0 Å². The Hall–Kier alpha value is -4.82. The van der Waals surface area contributed by atoms with Gasteiger partial charge in [0.1, 0.15) is 11.2 Å². The standard InChI is InChI=1S/C37H27NO/c1-37(2)30-15-8-6-13-28(30)36-31(37)16-10-17-32(36)38(25-11-4-3-5-12-25)26-20-21-27-24(23-26)19-22-34-35(27)29-14-7-9-18-33(29)39-34/h3-23H,1-2H3. The van der Waals surface area contributed by atoms with E-state index in [-0.39, 0.29) is 5.41 Å². The summed E-state index contributed by atoms with van der Waals surface area (Å²) < 4.78 is 6.17. The van der Waals surface area contributed by atoms with Gasteiger partial charge in [0, 0.05) is 33.1 Å². The molecule has 186 valence electrons. The largest absolute Gasteiger partial charge is 0.456 e. The third-order valence-corrected chi connectivity index (χ3v) is 8.44. The molecule has 1 aliphatic carbocycles. The fourth-order valence-electron chi connectivity index (χ4n) is 6.61. The summed E-state index contributed by atoms with van der Waals surface area (Å²) in [7, 11) is 0. The molecule has 0 fully saturated rings. The van der Waals surface area contributed by atoms with E-state index in [0.29, 0.717) is 0 Å². The quantitative estimate of drug-likeness (QED) is 0.239. The van der Waals surface area contributed by atoms with Crippen molar-refractivity contribution < 1.29 is 4.42 Å². The Morgan fingerprint density at radius 1 is 0.564 bits per heavy atom. The molecule has 2 nitrogen and oxygen atoms in total. The molecule has 0 atom stereocenters. The SMILES string of the molecule is CC1(C)c2ccccc2-c2c(N(c3ccccc3)c3ccc4c(ccc5oc6ccccc6c54)c3)cccc21. The first kappa shape index (κ1) is 22.2. The molecule has 7 aromatic rings. The summed E-state index contributed by atoms with van der Waals surface area (Å²) in [5.74, 6) is 0. The molecule has 1 aliphatic rings. The first-order chi connectivity index (χ1) is 19.1. The van der Waals surface area contributed by atoms with Crippen LogP contribution in [0.1, 0.15) is 25.0 Å². The van der Waals surface area contributed by atoms with Crippen LogP contribution < -0.4 is 4.90 Å². The maximum atomic E-state index is 6.17. The van der Waals surface area contributed by atoms with E-state index in [4.69, 9.17) is 4.42 Å². The van der Waals surface area contributed by atoms with Crippen LogP contribution in [0.25, 0.3) is 43.8 Å². The molecule has 0 radical (unpaired) electrons. The van der Waals surface area contributed by atoms with E-state index in [2.05, 4.69) is 134 Å². The van der Waals surface area contributed by atoms with Gasteiger partial charge in [0.05, 0.1) is 5.69 Å². The molecule has 39 heavy (non-hydrogen) atoms. The Morgan fingerprint density at radius 3 is 2.23 bits per heavy atom. The maximum absolute atomic E-state index is 6.17. The number of para-hydroxylation sites is 2. The highest BCUT2D eigenvalue weighted by Crippen LogP contribution is 2.54. The minimum Gasteiger partial charge on any atom is -0.456 e. The van der Waals surface area contributed by atoms with Crippen molar-refractivity contribution in [3.05, 3.63) is 139 Å². The van der Waals surface area contributed by atoms with Gasteiger partial charge in [-0.25, -0.2) is 0 Å². The Morgan fingerprint density at radius 2 is 1.33 bits per heavy atom. The maximum Gasteiger partial charge on any atom is 0.136 e. The predicted octanol–water partition coefficient (Wildman–Crippen LogP) is 10.5. The lowest BCUT2D eigenvalue weighted by molar-refractivity contribution is 0.660. The molecule has 1 aromatic heterocycles. The number of benzene rings is 6. The lowest BCUT2D eigenvalue weighted by Gasteiger charge is -2.29. The van der Waals surface area contributed by atoms with E-state index >= 15 is 0 Å². The summed E-state index contributed by atoms with van der Waals surface area (Å²) in [6, 6.07) is 45.8. The Balaban J connectivity index is 1.40. The molecule has 0 bridgehead atoms. The number of hydrogen-bond donors (Lipinski definition) is 0. The van der Waals surface area contributed by atoms with Crippen LogP contribution in [-0.2, 0) is 5.41 Å². The van der Waals surface area contributed by atoms with Crippen molar-refractivity contribution >= 4 is 49.8 Å². The first-order valence-electron chi connectivity index (χ1n) is 13.5. The Labute approximate surface area is 227 Å². The van der Waals surface area contributed by atoms with Crippen LogP contribution in [0.4, 0.5) is 17.1 Å². The zero-order chi connectivity index (χ0) is 26.1. The Kier molecular flexibility index (Phi) is 4.60. The minimum atomic E-state index is -0.0539. The van der Waals surface area contributed by atoms with E-state index in [9.17, 15) is 0 Å². The van der Waals surface area contributed by atoms with Crippen molar-refractivity contribution in [1.82, 2.24) is 0 Å². The lowest BCUT2D eigenvalue weighted by Crippen LogP contribution is -2.16. The number of furan rings is 1. The summed E-state index contributed by atoms with van der Waals surface area (Å²) in [6.07, 6.45) is 0. The molecule has 1 heterocycles. The third-order valence-electron chi connectivity index (χ3n) is 8.44. The van der Waals surface area contributed by atoms with Gasteiger partial charge >= 0.3 is 0 Å². The summed E-state index contributed by atoms with van der Waals surface area (Å²) in [5, 5.41) is 4.74. The number of fused-ring (bicyclic) bond motifs is 8. The van der Waals surface area contributed by atoms with Gasteiger partial charge in [-0.3, -0.25) is 0 Å². The molecule has 0 spiro atoms. The normalized spacial score (nSPS) is 13.6. The first-order valence-corrected chi connectivity index (χ1v) is 13.5. The topological polar surface area (TPSA) is 16.4 Å². The molecule has 0 unspecified atom stereocenters. The monoisotopic (exact) mass is 501 g/mol. The second-order valence-corrected chi connectivity index (χ2v) is 11.0. The van der Waals surface area contributed by atoms with Gasteiger partial charge in [-0.1, -0.05) is 98.8 Å². The van der Waals surface area contributed by atoms with Crippen molar-refractivity contribution in [3.8, 4) is 11.1 Å². The highest BCUT2D eigenvalue weighted by molar-refractivity contribution is 6.19. The minimum absolute atomic E-state index is 0.0539. The molecule has 6 aromatic carbocycles. The van der Waals surface area contributed by atoms with Gasteiger partial charge in [-0.2, -0.15) is 0 Å². The summed E-state index contributed by atoms with van der Waals surface area (Å²) >= 11 is 0. The van der Waals surface area contributed by atoms with Gasteiger partial charge in [0.2, 0.25) is 0 Å². The van der Waals surface area contributed by atoms with Crippen molar-refractivity contribution in [2.24, 2.45) is 0 Å². The average molecular weight is 502 g/mol. The summed E-state index contributed by atoms with van der Waals surface area (Å²) in [5.41, 5.74) is 10.7. The van der Waals surface area contributed by atoms with E-state index in [0.717, 1.165) is 27.9 Å². The van der Waals surface area contributed by atoms with Gasteiger partial charge in [0.25, 0.3) is 0 Å². The smallest absolute Gasteiger partial charge is 0.136 e. The fourth-order valence-corrected chi connectivity index (χ4v) is 6.61. The second-order valence-electron chi connectivity index (χ2n) is 11.0. The van der Waals surface area contributed by atoms with E-state index in [1.165, 1.54) is 44.1 Å². The van der Waals surface area contributed by atoms with Crippen LogP contribution in [0.2, 0.25) is 0 Å². The van der Waals surface area contributed by atoms with Crippen molar-refractivity contribution in [2.75, 3.05) is 4.90 Å². The predicted molar refractivity (Wildman–Crippen MR) is 163 cm³/mol. The molecular weight excluding hydrogens is 474 g/mol. The fraction of sp³-hybridized carbons (Fsp3) is 0.0811. The van der Waals surface area contributed by atoms with Crippen LogP contribution in [0.15, 0.2) is 132 Å². The summed E-state index contributed by atoms with van der Waals surface area (Å²) in [6.45, 7) is 4.68. The molecule has 8 rings (SSSR count). The van der Waals surface area contributed by atoms with E-state index in [1.54, 1.807) is 0 Å². The van der Waals surface area contributed by atoms with Crippen LogP contribution in [0.3, 0.4) is 0 Å². The van der Waals surface area contributed by atoms with Crippen molar-refractivity contribution in [3.63, 3.8) is 0 Å². The molecule has 0 amide bonds. The zero-order valence-corrected chi connectivity index (χ0v) is 22.0. The van der Waals surface area contributed by atoms with Crippen molar-refractivity contribution in [1.29, 1.82) is 0 Å². The third kappa shape index (κ3) is 3.15. The van der Waals surface area contributed by atoms with Crippen LogP contribution in [0.5, 0.6) is 0 Å². The highest BCUT2D eigenvalue weighted by Gasteiger charge is 2.37. The molecule has 0 N–H and O–H groups in total. The van der Waals surface area contributed by atoms with Gasteiger partial charge in [0.15, 0.2) is 0 Å². The molecule has 0 saturated heterocycles. The highest BCUT2D eigenvalue weighted by atomic mass is 16.3.